The average molecular weight is 396 g/mol. The van der Waals surface area contributed by atoms with Gasteiger partial charge in [0, 0.05) is 37.8 Å². The predicted octanol–water partition coefficient (Wildman–Crippen LogP) is 2.70. The summed E-state index contributed by atoms with van der Waals surface area (Å²) >= 11 is 0. The number of aromatic nitrogens is 2. The molecule has 1 unspecified atom stereocenters. The van der Waals surface area contributed by atoms with Gasteiger partial charge in [0.05, 0.1) is 5.69 Å². The van der Waals surface area contributed by atoms with Crippen LogP contribution in [-0.2, 0) is 4.79 Å². The lowest BCUT2D eigenvalue weighted by Gasteiger charge is -2.29. The highest BCUT2D eigenvalue weighted by atomic mass is 16.3. The van der Waals surface area contributed by atoms with Crippen LogP contribution in [0.4, 0.5) is 5.82 Å². The summed E-state index contributed by atoms with van der Waals surface area (Å²) in [6.45, 7) is 0. The molecule has 1 aromatic carbocycles. The van der Waals surface area contributed by atoms with Crippen molar-refractivity contribution in [3.63, 3.8) is 0 Å². The zero-order valence-electron chi connectivity index (χ0n) is 17.0. The Morgan fingerprint density at radius 1 is 1.24 bits per heavy atom. The summed E-state index contributed by atoms with van der Waals surface area (Å²) in [7, 11) is 3.61. The van der Waals surface area contributed by atoms with Crippen molar-refractivity contribution < 1.29 is 9.90 Å². The van der Waals surface area contributed by atoms with Gasteiger partial charge in [0.15, 0.2) is 5.82 Å². The molecule has 1 fully saturated rings. The Balaban J connectivity index is 1.74. The Hall–Kier alpha value is -2.93. The molecule has 1 aliphatic carbocycles. The lowest BCUT2D eigenvalue weighted by Crippen LogP contribution is -2.36. The second kappa shape index (κ2) is 9.52. The van der Waals surface area contributed by atoms with Gasteiger partial charge in [-0.15, -0.1) is 10.2 Å². The van der Waals surface area contributed by atoms with Gasteiger partial charge in [0.2, 0.25) is 5.91 Å². The number of carbonyl (C=O) groups is 1. The van der Waals surface area contributed by atoms with E-state index in [4.69, 9.17) is 5.73 Å². The summed E-state index contributed by atoms with van der Waals surface area (Å²) < 4.78 is 0. The Morgan fingerprint density at radius 2 is 2.03 bits per heavy atom. The number of aromatic hydroxyl groups is 1. The van der Waals surface area contributed by atoms with Gasteiger partial charge in [-0.05, 0) is 55.2 Å². The first-order valence-corrected chi connectivity index (χ1v) is 10.0. The van der Waals surface area contributed by atoms with E-state index in [0.717, 1.165) is 30.6 Å². The zero-order valence-corrected chi connectivity index (χ0v) is 17.0. The first kappa shape index (κ1) is 20.8. The normalized spacial score (nSPS) is 19.7. The number of phenolic OH excluding ortho intramolecular Hbond substituents is 1. The number of carbonyl (C=O) groups excluding carboxylic acids is 1. The molecular formula is C22H29N5O2. The van der Waals surface area contributed by atoms with E-state index in [2.05, 4.69) is 20.4 Å². The van der Waals surface area contributed by atoms with Crippen molar-refractivity contribution in [1.82, 2.24) is 15.5 Å². The molecule has 1 saturated carbocycles. The van der Waals surface area contributed by atoms with E-state index in [1.807, 2.05) is 25.2 Å². The molecule has 0 bridgehead atoms. The third-order valence-corrected chi connectivity index (χ3v) is 5.47. The number of amides is 1. The maximum Gasteiger partial charge on any atom is 0.243 e. The molecule has 1 heterocycles. The van der Waals surface area contributed by atoms with E-state index in [-0.39, 0.29) is 17.7 Å². The Kier molecular flexibility index (Phi) is 6.82. The highest BCUT2D eigenvalue weighted by Gasteiger charge is 2.22. The van der Waals surface area contributed by atoms with Crippen LogP contribution in [0.15, 0.2) is 36.4 Å². The van der Waals surface area contributed by atoms with Crippen molar-refractivity contribution in [2.75, 3.05) is 19.0 Å². The van der Waals surface area contributed by atoms with Crippen LogP contribution in [0, 0.1) is 0 Å². The molecule has 4 N–H and O–H groups in total. The van der Waals surface area contributed by atoms with E-state index in [0.29, 0.717) is 17.3 Å². The fourth-order valence-electron chi connectivity index (χ4n) is 3.69. The Bertz CT molecular complexity index is 866. The SMILES string of the molecule is CNC(=O)/C=C/c1ccc(-c2ccc(N(C)[C@H]3CCCCC(N)C3)nn2)c(O)c1. The lowest BCUT2D eigenvalue weighted by atomic mass is 10.0. The quantitative estimate of drug-likeness (QED) is 0.531. The van der Waals surface area contributed by atoms with Gasteiger partial charge in [0.1, 0.15) is 5.75 Å². The van der Waals surface area contributed by atoms with E-state index >= 15 is 0 Å². The summed E-state index contributed by atoms with van der Waals surface area (Å²) in [6, 6.07) is 9.60. The number of likely N-dealkylation sites (N-methyl/N-ethyl adjacent to an activating group) is 1. The monoisotopic (exact) mass is 395 g/mol. The van der Waals surface area contributed by atoms with Gasteiger partial charge in [0.25, 0.3) is 0 Å². The molecule has 0 radical (unpaired) electrons. The zero-order chi connectivity index (χ0) is 20.8. The van der Waals surface area contributed by atoms with Crippen molar-refractivity contribution >= 4 is 17.8 Å². The number of nitrogens with zero attached hydrogens (tertiary/aromatic N) is 3. The summed E-state index contributed by atoms with van der Waals surface area (Å²) in [4.78, 5) is 13.5. The van der Waals surface area contributed by atoms with Crippen molar-refractivity contribution in [1.29, 1.82) is 0 Å². The van der Waals surface area contributed by atoms with E-state index in [1.54, 1.807) is 25.3 Å². The van der Waals surface area contributed by atoms with Gasteiger partial charge >= 0.3 is 0 Å². The van der Waals surface area contributed by atoms with Crippen molar-refractivity contribution in [2.45, 2.75) is 44.2 Å². The number of hydrogen-bond donors (Lipinski definition) is 3. The molecule has 154 valence electrons. The summed E-state index contributed by atoms with van der Waals surface area (Å²) in [5.74, 6) is 0.695. The first-order valence-electron chi connectivity index (χ1n) is 10.0. The van der Waals surface area contributed by atoms with Crippen LogP contribution in [0.25, 0.3) is 17.3 Å². The molecule has 1 aromatic heterocycles. The molecule has 2 atom stereocenters. The maximum absolute atomic E-state index is 11.3. The molecule has 2 aromatic rings. The molecule has 0 saturated heterocycles. The number of phenols is 1. The molecule has 29 heavy (non-hydrogen) atoms. The van der Waals surface area contributed by atoms with Crippen molar-refractivity contribution in [3.05, 3.63) is 42.0 Å². The topological polar surface area (TPSA) is 104 Å². The highest BCUT2D eigenvalue weighted by molar-refractivity contribution is 5.91. The average Bonchev–Trinajstić information content (AvgIpc) is 2.96. The minimum absolute atomic E-state index is 0.0919. The van der Waals surface area contributed by atoms with Gasteiger partial charge in [-0.25, -0.2) is 0 Å². The highest BCUT2D eigenvalue weighted by Crippen LogP contribution is 2.30. The standard InChI is InChI=1S/C22H29N5O2/c1-24-22(29)12-8-15-7-9-18(20(28)13-15)19-10-11-21(26-25-19)27(2)17-6-4-3-5-16(23)14-17/h7-13,16-17,28H,3-6,14,23H2,1-2H3,(H,24,29)/b12-8+/t16?,17-/m0/s1. The number of nitrogens with one attached hydrogen (secondary N) is 1. The fraction of sp³-hybridized carbons (Fsp3) is 0.409. The second-order valence-corrected chi connectivity index (χ2v) is 7.55. The lowest BCUT2D eigenvalue weighted by molar-refractivity contribution is -0.115. The maximum atomic E-state index is 11.3. The first-order chi connectivity index (χ1) is 14.0. The van der Waals surface area contributed by atoms with Gasteiger partial charge in [-0.3, -0.25) is 4.79 Å². The van der Waals surface area contributed by atoms with Crippen LogP contribution in [0.2, 0.25) is 0 Å². The third-order valence-electron chi connectivity index (χ3n) is 5.47. The van der Waals surface area contributed by atoms with Gasteiger partial charge < -0.3 is 21.1 Å². The number of nitrogens with two attached hydrogens (primary N) is 1. The summed E-state index contributed by atoms with van der Waals surface area (Å²) in [5.41, 5.74) is 8.12. The van der Waals surface area contributed by atoms with Crippen molar-refractivity contribution in [2.24, 2.45) is 5.73 Å². The van der Waals surface area contributed by atoms with E-state index < -0.39 is 0 Å². The van der Waals surface area contributed by atoms with Crippen LogP contribution in [0.3, 0.4) is 0 Å². The molecule has 1 aliphatic rings. The Labute approximate surface area is 171 Å². The molecule has 3 rings (SSSR count). The largest absolute Gasteiger partial charge is 0.507 e. The minimum Gasteiger partial charge on any atom is -0.507 e. The third kappa shape index (κ3) is 5.32. The van der Waals surface area contributed by atoms with Crippen LogP contribution in [-0.4, -0.2) is 47.4 Å². The number of hydrogen-bond acceptors (Lipinski definition) is 6. The van der Waals surface area contributed by atoms with E-state index in [9.17, 15) is 9.90 Å². The molecule has 0 spiro atoms. The second-order valence-electron chi connectivity index (χ2n) is 7.55. The molecule has 1 amide bonds. The number of benzene rings is 1. The molecule has 7 nitrogen and oxygen atoms in total. The van der Waals surface area contributed by atoms with Crippen LogP contribution in [0.1, 0.15) is 37.7 Å². The minimum atomic E-state index is -0.200. The number of anilines is 1. The van der Waals surface area contributed by atoms with E-state index in [1.165, 1.54) is 18.9 Å². The van der Waals surface area contributed by atoms with Gasteiger partial charge in [-0.2, -0.15) is 0 Å². The Morgan fingerprint density at radius 3 is 2.72 bits per heavy atom. The van der Waals surface area contributed by atoms with Gasteiger partial charge in [-0.1, -0.05) is 18.9 Å². The van der Waals surface area contributed by atoms with Crippen LogP contribution < -0.4 is 16.0 Å². The summed E-state index contributed by atoms with van der Waals surface area (Å²) in [5, 5.41) is 21.6. The predicted molar refractivity (Wildman–Crippen MR) is 115 cm³/mol. The fourth-order valence-corrected chi connectivity index (χ4v) is 3.69. The smallest absolute Gasteiger partial charge is 0.243 e. The number of rotatable bonds is 5. The molecule has 0 aliphatic heterocycles. The molecule has 7 heteroatoms. The van der Waals surface area contributed by atoms with Crippen molar-refractivity contribution in [3.8, 4) is 17.0 Å². The van der Waals surface area contributed by atoms with Crippen LogP contribution >= 0.6 is 0 Å². The van der Waals surface area contributed by atoms with Crippen LogP contribution in [0.5, 0.6) is 5.75 Å². The molecular weight excluding hydrogens is 366 g/mol. The summed E-state index contributed by atoms with van der Waals surface area (Å²) in [6.07, 6.45) is 8.59.